The molecule has 2 rings (SSSR count). The van der Waals surface area contributed by atoms with Crippen LogP contribution in [0.4, 0.5) is 0 Å². The van der Waals surface area contributed by atoms with E-state index in [4.69, 9.17) is 9.15 Å². The monoisotopic (exact) mass is 245 g/mol. The molecule has 18 heavy (non-hydrogen) atoms. The number of hydrogen-bond acceptors (Lipinski definition) is 3. The van der Waals surface area contributed by atoms with Crippen LogP contribution in [0.25, 0.3) is 0 Å². The molecule has 3 nitrogen and oxygen atoms in total. The van der Waals surface area contributed by atoms with Crippen LogP contribution in [0.1, 0.15) is 30.7 Å². The van der Waals surface area contributed by atoms with Crippen molar-refractivity contribution in [3.8, 4) is 5.75 Å². The first-order chi connectivity index (χ1) is 8.83. The van der Waals surface area contributed by atoms with Gasteiger partial charge in [-0.25, -0.2) is 0 Å². The van der Waals surface area contributed by atoms with Crippen LogP contribution in [0.3, 0.4) is 0 Å². The van der Waals surface area contributed by atoms with Gasteiger partial charge in [-0.3, -0.25) is 0 Å². The molecule has 1 aromatic heterocycles. The summed E-state index contributed by atoms with van der Waals surface area (Å²) in [5.41, 5.74) is 1.28. The molecule has 0 amide bonds. The first kappa shape index (κ1) is 12.7. The second-order valence-corrected chi connectivity index (χ2v) is 4.19. The molecule has 0 spiro atoms. The molecule has 0 aliphatic carbocycles. The summed E-state index contributed by atoms with van der Waals surface area (Å²) in [6.07, 6.45) is 2.73. The molecule has 0 fully saturated rings. The van der Waals surface area contributed by atoms with Gasteiger partial charge in [-0.2, -0.15) is 0 Å². The Morgan fingerprint density at radius 1 is 1.22 bits per heavy atom. The van der Waals surface area contributed by atoms with Gasteiger partial charge < -0.3 is 14.5 Å². The predicted molar refractivity (Wildman–Crippen MR) is 71.6 cm³/mol. The van der Waals surface area contributed by atoms with Crippen molar-refractivity contribution >= 4 is 0 Å². The zero-order valence-electron chi connectivity index (χ0n) is 10.8. The quantitative estimate of drug-likeness (QED) is 0.845. The third-order valence-corrected chi connectivity index (χ3v) is 3.00. The highest BCUT2D eigenvalue weighted by Gasteiger charge is 2.06. The standard InChI is InChI=1S/C15H19NO2/c1-3-15(16-2)12-6-8-13(9-7-12)18-11-14-5-4-10-17-14/h4-10,15-16H,3,11H2,1-2H3. The molecular formula is C15H19NO2. The van der Waals surface area contributed by atoms with E-state index in [1.165, 1.54) is 5.56 Å². The van der Waals surface area contributed by atoms with Gasteiger partial charge in [0.25, 0.3) is 0 Å². The minimum absolute atomic E-state index is 0.407. The second-order valence-electron chi connectivity index (χ2n) is 4.19. The number of nitrogens with one attached hydrogen (secondary N) is 1. The average Bonchev–Trinajstić information content (AvgIpc) is 2.92. The van der Waals surface area contributed by atoms with Gasteiger partial charge in [-0.15, -0.1) is 0 Å². The molecule has 96 valence electrons. The average molecular weight is 245 g/mol. The third-order valence-electron chi connectivity index (χ3n) is 3.00. The van der Waals surface area contributed by atoms with Crippen molar-refractivity contribution < 1.29 is 9.15 Å². The van der Waals surface area contributed by atoms with E-state index >= 15 is 0 Å². The molecule has 1 atom stereocenters. The van der Waals surface area contributed by atoms with E-state index in [1.54, 1.807) is 6.26 Å². The summed E-state index contributed by atoms with van der Waals surface area (Å²) in [5.74, 6) is 1.70. The van der Waals surface area contributed by atoms with E-state index in [0.29, 0.717) is 12.6 Å². The van der Waals surface area contributed by atoms with Crippen molar-refractivity contribution in [3.05, 3.63) is 54.0 Å². The summed E-state index contributed by atoms with van der Waals surface area (Å²) >= 11 is 0. The van der Waals surface area contributed by atoms with Gasteiger partial charge in [0.2, 0.25) is 0 Å². The van der Waals surface area contributed by atoms with Gasteiger partial charge in [0.1, 0.15) is 18.1 Å². The van der Waals surface area contributed by atoms with Crippen molar-refractivity contribution in [3.63, 3.8) is 0 Å². The Balaban J connectivity index is 1.95. The fourth-order valence-electron chi connectivity index (χ4n) is 1.95. The molecule has 0 aliphatic heterocycles. The van der Waals surface area contributed by atoms with Gasteiger partial charge in [0.15, 0.2) is 0 Å². The lowest BCUT2D eigenvalue weighted by molar-refractivity contribution is 0.270. The van der Waals surface area contributed by atoms with Crippen LogP contribution < -0.4 is 10.1 Å². The van der Waals surface area contributed by atoms with Crippen LogP contribution in [0.2, 0.25) is 0 Å². The molecule has 3 heteroatoms. The first-order valence-corrected chi connectivity index (χ1v) is 6.26. The highest BCUT2D eigenvalue weighted by molar-refractivity contribution is 5.29. The van der Waals surface area contributed by atoms with Crippen LogP contribution in [0.15, 0.2) is 47.1 Å². The molecule has 2 aromatic rings. The van der Waals surface area contributed by atoms with E-state index in [9.17, 15) is 0 Å². The van der Waals surface area contributed by atoms with E-state index in [0.717, 1.165) is 17.9 Å². The van der Waals surface area contributed by atoms with E-state index in [1.807, 2.05) is 31.3 Å². The Bertz CT molecular complexity index is 444. The lowest BCUT2D eigenvalue weighted by Gasteiger charge is -2.14. The molecule has 1 heterocycles. The van der Waals surface area contributed by atoms with Gasteiger partial charge in [0, 0.05) is 6.04 Å². The summed E-state index contributed by atoms with van der Waals surface area (Å²) < 4.78 is 10.9. The summed E-state index contributed by atoms with van der Waals surface area (Å²) in [5, 5.41) is 3.29. The Hall–Kier alpha value is -1.74. The number of rotatable bonds is 6. The van der Waals surface area contributed by atoms with Crippen LogP contribution >= 0.6 is 0 Å². The zero-order chi connectivity index (χ0) is 12.8. The second kappa shape index (κ2) is 6.26. The van der Waals surface area contributed by atoms with Crippen LogP contribution in [0.5, 0.6) is 5.75 Å². The molecule has 0 radical (unpaired) electrons. The Morgan fingerprint density at radius 3 is 2.56 bits per heavy atom. The Morgan fingerprint density at radius 2 is 2.00 bits per heavy atom. The van der Waals surface area contributed by atoms with Crippen LogP contribution in [0, 0.1) is 0 Å². The molecule has 0 bridgehead atoms. The molecule has 1 unspecified atom stereocenters. The highest BCUT2D eigenvalue weighted by Crippen LogP contribution is 2.20. The van der Waals surface area contributed by atoms with E-state index < -0.39 is 0 Å². The minimum atomic E-state index is 0.407. The molecule has 0 aliphatic rings. The molecule has 0 saturated carbocycles. The Labute approximate surface area is 108 Å². The van der Waals surface area contributed by atoms with Crippen molar-refractivity contribution in [1.82, 2.24) is 5.32 Å². The summed E-state index contributed by atoms with van der Waals surface area (Å²) in [4.78, 5) is 0. The van der Waals surface area contributed by atoms with E-state index in [2.05, 4.69) is 24.4 Å². The smallest absolute Gasteiger partial charge is 0.146 e. The first-order valence-electron chi connectivity index (χ1n) is 6.26. The Kier molecular flexibility index (Phi) is 4.42. The SMILES string of the molecule is CCC(NC)c1ccc(OCc2ccco2)cc1. The van der Waals surface area contributed by atoms with Crippen LogP contribution in [-0.4, -0.2) is 7.05 Å². The number of benzene rings is 1. The van der Waals surface area contributed by atoms with Crippen molar-refractivity contribution in [1.29, 1.82) is 0 Å². The maximum atomic E-state index is 5.64. The fraction of sp³-hybridized carbons (Fsp3) is 0.333. The summed E-state index contributed by atoms with van der Waals surface area (Å²) in [6.45, 7) is 2.64. The molecular weight excluding hydrogens is 226 g/mol. The zero-order valence-corrected chi connectivity index (χ0v) is 10.8. The largest absolute Gasteiger partial charge is 0.486 e. The van der Waals surface area contributed by atoms with Gasteiger partial charge >= 0.3 is 0 Å². The van der Waals surface area contributed by atoms with Gasteiger partial charge in [0.05, 0.1) is 6.26 Å². The third kappa shape index (κ3) is 3.14. The predicted octanol–water partition coefficient (Wildman–Crippen LogP) is 3.53. The maximum Gasteiger partial charge on any atom is 0.146 e. The summed E-state index contributed by atoms with van der Waals surface area (Å²) in [6, 6.07) is 12.4. The van der Waals surface area contributed by atoms with Crippen molar-refractivity contribution in [2.24, 2.45) is 0 Å². The summed E-state index contributed by atoms with van der Waals surface area (Å²) in [7, 11) is 1.98. The number of ether oxygens (including phenoxy) is 1. The van der Waals surface area contributed by atoms with Crippen LogP contribution in [-0.2, 0) is 6.61 Å². The minimum Gasteiger partial charge on any atom is -0.486 e. The van der Waals surface area contributed by atoms with Gasteiger partial charge in [-0.1, -0.05) is 19.1 Å². The molecule has 1 N–H and O–H groups in total. The lowest BCUT2D eigenvalue weighted by Crippen LogP contribution is -2.14. The topological polar surface area (TPSA) is 34.4 Å². The highest BCUT2D eigenvalue weighted by atomic mass is 16.5. The van der Waals surface area contributed by atoms with Crippen molar-refractivity contribution in [2.75, 3.05) is 7.05 Å². The molecule has 0 saturated heterocycles. The fourth-order valence-corrected chi connectivity index (χ4v) is 1.95. The number of hydrogen-bond donors (Lipinski definition) is 1. The van der Waals surface area contributed by atoms with Gasteiger partial charge in [-0.05, 0) is 43.3 Å². The maximum absolute atomic E-state index is 5.64. The number of furan rings is 1. The molecule has 1 aromatic carbocycles. The van der Waals surface area contributed by atoms with E-state index in [-0.39, 0.29) is 0 Å². The normalized spacial score (nSPS) is 12.3. The lowest BCUT2D eigenvalue weighted by atomic mass is 10.1. The van der Waals surface area contributed by atoms with Crippen molar-refractivity contribution in [2.45, 2.75) is 26.0 Å².